The first-order valence-electron chi connectivity index (χ1n) is 11.2. The lowest BCUT2D eigenvalue weighted by Gasteiger charge is -2.27. The van der Waals surface area contributed by atoms with Gasteiger partial charge in [0.25, 0.3) is 10.0 Å². The van der Waals surface area contributed by atoms with Crippen molar-refractivity contribution in [1.29, 1.82) is 0 Å². The summed E-state index contributed by atoms with van der Waals surface area (Å²) in [5.74, 6) is -0.491. The zero-order chi connectivity index (χ0) is 25.7. The molecule has 8 heteroatoms. The van der Waals surface area contributed by atoms with Gasteiger partial charge in [0.2, 0.25) is 5.91 Å². The van der Waals surface area contributed by atoms with E-state index in [9.17, 15) is 13.2 Å². The topological polar surface area (TPSA) is 66.5 Å². The fraction of sp³-hybridized carbons (Fsp3) is 0.107. The number of halogens is 2. The normalized spacial score (nSPS) is 12.1. The van der Waals surface area contributed by atoms with Crippen molar-refractivity contribution in [3.63, 3.8) is 0 Å². The van der Waals surface area contributed by atoms with Gasteiger partial charge in [0.05, 0.1) is 21.6 Å². The molecule has 184 valence electrons. The SMILES string of the molecule is Cc1ccc(C(NC(=O)CN(c2ccc(Cl)cc2Cl)S(=O)(=O)c2ccccc2)c2ccccc2)cc1. The lowest BCUT2D eigenvalue weighted by molar-refractivity contribution is -0.120. The number of hydrogen-bond acceptors (Lipinski definition) is 3. The van der Waals surface area contributed by atoms with Crippen LogP contribution in [0.15, 0.2) is 108 Å². The van der Waals surface area contributed by atoms with E-state index in [1.165, 1.54) is 30.3 Å². The first-order valence-corrected chi connectivity index (χ1v) is 13.4. The number of amides is 1. The van der Waals surface area contributed by atoms with Crippen molar-refractivity contribution in [2.45, 2.75) is 17.9 Å². The molecular weight excluding hydrogens is 515 g/mol. The molecule has 0 saturated heterocycles. The van der Waals surface area contributed by atoms with Crippen LogP contribution in [-0.2, 0) is 14.8 Å². The number of anilines is 1. The van der Waals surface area contributed by atoms with Crippen LogP contribution in [-0.4, -0.2) is 20.9 Å². The van der Waals surface area contributed by atoms with Crippen LogP contribution in [0.1, 0.15) is 22.7 Å². The molecule has 0 bridgehead atoms. The number of aryl methyl sites for hydroxylation is 1. The van der Waals surface area contributed by atoms with Crippen LogP contribution in [0.25, 0.3) is 0 Å². The summed E-state index contributed by atoms with van der Waals surface area (Å²) in [6.07, 6.45) is 0. The summed E-state index contributed by atoms with van der Waals surface area (Å²) in [4.78, 5) is 13.5. The van der Waals surface area contributed by atoms with Gasteiger partial charge in [0.15, 0.2) is 0 Å². The number of sulfonamides is 1. The van der Waals surface area contributed by atoms with Crippen LogP contribution >= 0.6 is 23.2 Å². The maximum atomic E-state index is 13.6. The minimum atomic E-state index is -4.11. The van der Waals surface area contributed by atoms with E-state index in [0.29, 0.717) is 5.02 Å². The van der Waals surface area contributed by atoms with Crippen LogP contribution in [0.4, 0.5) is 5.69 Å². The highest BCUT2D eigenvalue weighted by atomic mass is 35.5. The molecule has 4 aromatic carbocycles. The Labute approximate surface area is 221 Å². The molecular formula is C28H24Cl2N2O3S. The quantitative estimate of drug-likeness (QED) is 0.282. The molecule has 0 radical (unpaired) electrons. The summed E-state index contributed by atoms with van der Waals surface area (Å²) in [5.41, 5.74) is 3.00. The van der Waals surface area contributed by atoms with Crippen LogP contribution < -0.4 is 9.62 Å². The van der Waals surface area contributed by atoms with Gasteiger partial charge in [0.1, 0.15) is 6.54 Å². The van der Waals surface area contributed by atoms with Crippen molar-refractivity contribution in [1.82, 2.24) is 5.32 Å². The molecule has 4 aromatic rings. The van der Waals surface area contributed by atoms with E-state index < -0.39 is 28.5 Å². The molecule has 0 saturated carbocycles. The van der Waals surface area contributed by atoms with Crippen molar-refractivity contribution in [3.05, 3.63) is 130 Å². The van der Waals surface area contributed by atoms with E-state index in [1.54, 1.807) is 18.2 Å². The molecule has 1 N–H and O–H groups in total. The van der Waals surface area contributed by atoms with Crippen molar-refractivity contribution in [2.24, 2.45) is 0 Å². The van der Waals surface area contributed by atoms with Gasteiger partial charge in [-0.15, -0.1) is 0 Å². The molecule has 0 aromatic heterocycles. The third-order valence-corrected chi connectivity index (χ3v) is 7.96. The highest BCUT2D eigenvalue weighted by Crippen LogP contribution is 2.33. The molecule has 36 heavy (non-hydrogen) atoms. The number of nitrogens with zero attached hydrogens (tertiary/aromatic N) is 1. The van der Waals surface area contributed by atoms with E-state index in [4.69, 9.17) is 23.2 Å². The first kappa shape index (κ1) is 25.8. The molecule has 0 aliphatic carbocycles. The van der Waals surface area contributed by atoms with E-state index in [-0.39, 0.29) is 15.6 Å². The molecule has 4 rings (SSSR count). The Morgan fingerprint density at radius 3 is 2.03 bits per heavy atom. The minimum Gasteiger partial charge on any atom is -0.344 e. The second kappa shape index (κ2) is 11.2. The van der Waals surface area contributed by atoms with Gasteiger partial charge in [-0.3, -0.25) is 9.10 Å². The van der Waals surface area contributed by atoms with E-state index in [2.05, 4.69) is 5.32 Å². The monoisotopic (exact) mass is 538 g/mol. The first-order chi connectivity index (χ1) is 17.3. The summed E-state index contributed by atoms with van der Waals surface area (Å²) in [7, 11) is -4.11. The second-order valence-corrected chi connectivity index (χ2v) is 10.9. The van der Waals surface area contributed by atoms with Gasteiger partial charge >= 0.3 is 0 Å². The van der Waals surface area contributed by atoms with Gasteiger partial charge in [-0.2, -0.15) is 0 Å². The lowest BCUT2D eigenvalue weighted by atomic mass is 9.98. The molecule has 0 aliphatic heterocycles. The smallest absolute Gasteiger partial charge is 0.264 e. The Morgan fingerprint density at radius 2 is 1.42 bits per heavy atom. The van der Waals surface area contributed by atoms with Crippen molar-refractivity contribution in [3.8, 4) is 0 Å². The molecule has 1 atom stereocenters. The summed E-state index contributed by atoms with van der Waals surface area (Å²) in [6.45, 7) is 1.51. The number of hydrogen-bond donors (Lipinski definition) is 1. The third-order valence-electron chi connectivity index (χ3n) is 5.65. The second-order valence-electron chi connectivity index (χ2n) is 8.24. The predicted molar refractivity (Wildman–Crippen MR) is 145 cm³/mol. The molecule has 5 nitrogen and oxygen atoms in total. The van der Waals surface area contributed by atoms with E-state index in [0.717, 1.165) is 21.0 Å². The van der Waals surface area contributed by atoms with Gasteiger partial charge in [-0.05, 0) is 48.4 Å². The minimum absolute atomic E-state index is 0.0435. The maximum Gasteiger partial charge on any atom is 0.264 e. The summed E-state index contributed by atoms with van der Waals surface area (Å²) in [6, 6.07) is 29.3. The summed E-state index contributed by atoms with van der Waals surface area (Å²) >= 11 is 12.4. The van der Waals surface area contributed by atoms with E-state index >= 15 is 0 Å². The largest absolute Gasteiger partial charge is 0.344 e. The number of carbonyl (C=O) groups excluding carboxylic acids is 1. The van der Waals surface area contributed by atoms with Crippen LogP contribution in [0.5, 0.6) is 0 Å². The zero-order valence-corrected chi connectivity index (χ0v) is 21.8. The maximum absolute atomic E-state index is 13.6. The average Bonchev–Trinajstić information content (AvgIpc) is 2.88. The van der Waals surface area contributed by atoms with Crippen LogP contribution in [0.3, 0.4) is 0 Å². The molecule has 0 aliphatic rings. The van der Waals surface area contributed by atoms with Crippen LogP contribution in [0, 0.1) is 6.92 Å². The Morgan fingerprint density at radius 1 is 0.833 bits per heavy atom. The predicted octanol–water partition coefficient (Wildman–Crippen LogP) is 6.40. The van der Waals surface area contributed by atoms with E-state index in [1.807, 2.05) is 61.5 Å². The molecule has 0 fully saturated rings. The molecule has 1 unspecified atom stereocenters. The molecule has 0 spiro atoms. The number of rotatable bonds is 8. The Hall–Kier alpha value is -3.32. The van der Waals surface area contributed by atoms with Crippen LogP contribution in [0.2, 0.25) is 10.0 Å². The average molecular weight is 539 g/mol. The van der Waals surface area contributed by atoms with Crippen molar-refractivity contribution in [2.75, 3.05) is 10.8 Å². The number of benzene rings is 4. The van der Waals surface area contributed by atoms with Crippen molar-refractivity contribution >= 4 is 44.8 Å². The number of carbonyl (C=O) groups is 1. The molecule has 1 amide bonds. The van der Waals surface area contributed by atoms with Gasteiger partial charge in [0, 0.05) is 5.02 Å². The number of nitrogens with one attached hydrogen (secondary N) is 1. The lowest BCUT2D eigenvalue weighted by Crippen LogP contribution is -2.42. The Balaban J connectivity index is 1.70. The van der Waals surface area contributed by atoms with Gasteiger partial charge in [-0.25, -0.2) is 8.42 Å². The van der Waals surface area contributed by atoms with Gasteiger partial charge in [-0.1, -0.05) is 102 Å². The highest BCUT2D eigenvalue weighted by molar-refractivity contribution is 7.92. The summed E-state index contributed by atoms with van der Waals surface area (Å²) < 4.78 is 28.3. The standard InChI is InChI=1S/C28H24Cl2N2O3S/c1-20-12-14-22(15-13-20)28(21-8-4-2-5-9-21)31-27(33)19-32(26-17-16-23(29)18-25(26)30)36(34,35)24-10-6-3-7-11-24/h2-18,28H,19H2,1H3,(H,31,33). The van der Waals surface area contributed by atoms with Gasteiger partial charge < -0.3 is 5.32 Å². The molecule has 0 heterocycles. The Kier molecular flexibility index (Phi) is 7.99. The summed E-state index contributed by atoms with van der Waals surface area (Å²) in [5, 5.41) is 3.48. The fourth-order valence-corrected chi connectivity index (χ4v) is 5.82. The third kappa shape index (κ3) is 5.90. The highest BCUT2D eigenvalue weighted by Gasteiger charge is 2.30. The van der Waals surface area contributed by atoms with Crippen molar-refractivity contribution < 1.29 is 13.2 Å². The Bertz CT molecular complexity index is 1450. The fourth-order valence-electron chi connectivity index (χ4n) is 3.80. The zero-order valence-electron chi connectivity index (χ0n) is 19.4.